The lowest BCUT2D eigenvalue weighted by Gasteiger charge is -2.30. The maximum absolute atomic E-state index is 10.5. The van der Waals surface area contributed by atoms with Gasteiger partial charge in [0.05, 0.1) is 18.3 Å². The zero-order valence-corrected chi connectivity index (χ0v) is 18.5. The van der Waals surface area contributed by atoms with Gasteiger partial charge in [0.15, 0.2) is 5.96 Å². The predicted molar refractivity (Wildman–Crippen MR) is 120 cm³/mol. The topological polar surface area (TPSA) is 72.8 Å². The van der Waals surface area contributed by atoms with Crippen molar-refractivity contribution in [2.75, 3.05) is 26.2 Å². The lowest BCUT2D eigenvalue weighted by molar-refractivity contribution is 0.108. The second-order valence-electron chi connectivity index (χ2n) is 7.80. The molecule has 29 heavy (non-hydrogen) atoms. The average Bonchev–Trinajstić information content (AvgIpc) is 3.19. The molecule has 0 saturated heterocycles. The van der Waals surface area contributed by atoms with Gasteiger partial charge in [-0.15, -0.1) is 11.3 Å². The second-order valence-corrected chi connectivity index (χ2v) is 8.75. The van der Waals surface area contributed by atoms with Crippen molar-refractivity contribution in [2.24, 2.45) is 4.99 Å². The van der Waals surface area contributed by atoms with E-state index in [-0.39, 0.29) is 0 Å². The van der Waals surface area contributed by atoms with Gasteiger partial charge in [-0.1, -0.05) is 38.1 Å². The standard InChI is InChI=1S/C22H33N5OS/c1-4-23-22(25-12-21-26-20(15-29-21)16(2)3)24-11-19(28)14-27-10-9-17-7-5-6-8-18(17)13-27/h5-8,15-16,19,28H,4,9-14H2,1-3H3,(H2,23,24,25). The fraction of sp³-hybridized carbons (Fsp3) is 0.545. The Kier molecular flexibility index (Phi) is 8.03. The van der Waals surface area contributed by atoms with Crippen molar-refractivity contribution in [3.05, 3.63) is 51.5 Å². The number of guanidine groups is 1. The maximum atomic E-state index is 10.5. The molecule has 158 valence electrons. The van der Waals surface area contributed by atoms with Crippen molar-refractivity contribution in [2.45, 2.75) is 52.3 Å². The van der Waals surface area contributed by atoms with Crippen LogP contribution < -0.4 is 10.6 Å². The summed E-state index contributed by atoms with van der Waals surface area (Å²) in [5.41, 5.74) is 3.93. The molecule has 1 aromatic heterocycles. The maximum Gasteiger partial charge on any atom is 0.191 e. The minimum Gasteiger partial charge on any atom is -0.390 e. The summed E-state index contributed by atoms with van der Waals surface area (Å²) in [6.07, 6.45) is 0.601. The highest BCUT2D eigenvalue weighted by Crippen LogP contribution is 2.19. The molecule has 3 N–H and O–H groups in total. The summed E-state index contributed by atoms with van der Waals surface area (Å²) in [5, 5.41) is 20.2. The Bertz CT molecular complexity index is 804. The molecule has 6 nitrogen and oxygen atoms in total. The molecule has 0 fully saturated rings. The number of aliphatic imine (C=N–C) groups is 1. The Morgan fingerprint density at radius 2 is 2.07 bits per heavy atom. The number of hydrogen-bond acceptors (Lipinski definition) is 5. The van der Waals surface area contributed by atoms with Crippen molar-refractivity contribution in [3.8, 4) is 0 Å². The highest BCUT2D eigenvalue weighted by atomic mass is 32.1. The van der Waals surface area contributed by atoms with E-state index in [4.69, 9.17) is 0 Å². The lowest BCUT2D eigenvalue weighted by Crippen LogP contribution is -2.45. The minimum atomic E-state index is -0.448. The molecule has 0 spiro atoms. The Labute approximate surface area is 178 Å². The first-order valence-electron chi connectivity index (χ1n) is 10.5. The molecular formula is C22H33N5OS. The molecule has 3 rings (SSSR count). The lowest BCUT2D eigenvalue weighted by atomic mass is 10.00. The first-order valence-corrected chi connectivity index (χ1v) is 11.4. The first-order chi connectivity index (χ1) is 14.0. The van der Waals surface area contributed by atoms with Crippen LogP contribution >= 0.6 is 11.3 Å². The number of nitrogens with one attached hydrogen (secondary N) is 2. The summed E-state index contributed by atoms with van der Waals surface area (Å²) in [6, 6.07) is 8.58. The fourth-order valence-electron chi connectivity index (χ4n) is 3.44. The van der Waals surface area contributed by atoms with Crippen LogP contribution in [0, 0.1) is 0 Å². The van der Waals surface area contributed by atoms with Gasteiger partial charge in [-0.05, 0) is 30.4 Å². The third kappa shape index (κ3) is 6.52. The van der Waals surface area contributed by atoms with Crippen LogP contribution in [0.4, 0.5) is 0 Å². The largest absolute Gasteiger partial charge is 0.390 e. The number of aliphatic hydroxyl groups is 1. The molecule has 0 bridgehead atoms. The van der Waals surface area contributed by atoms with Gasteiger partial charge in [-0.2, -0.15) is 0 Å². The monoisotopic (exact) mass is 415 g/mol. The zero-order valence-electron chi connectivity index (χ0n) is 17.7. The summed E-state index contributed by atoms with van der Waals surface area (Å²) in [4.78, 5) is 11.6. The van der Waals surface area contributed by atoms with Gasteiger partial charge in [0.2, 0.25) is 0 Å². The number of rotatable bonds is 8. The Morgan fingerprint density at radius 3 is 2.79 bits per heavy atom. The molecule has 1 aliphatic rings. The molecule has 0 amide bonds. The van der Waals surface area contributed by atoms with Crippen LogP contribution in [0.25, 0.3) is 0 Å². The number of nitrogens with zero attached hydrogens (tertiary/aromatic N) is 3. The van der Waals surface area contributed by atoms with E-state index in [0.717, 1.165) is 42.7 Å². The third-order valence-corrected chi connectivity index (χ3v) is 5.91. The molecule has 1 aromatic carbocycles. The van der Waals surface area contributed by atoms with Crippen LogP contribution in [-0.4, -0.2) is 53.2 Å². The van der Waals surface area contributed by atoms with Crippen LogP contribution in [0.3, 0.4) is 0 Å². The molecule has 0 radical (unpaired) electrons. The van der Waals surface area contributed by atoms with Crippen LogP contribution in [-0.2, 0) is 19.5 Å². The first kappa shape index (κ1) is 21.7. The summed E-state index contributed by atoms with van der Waals surface area (Å²) in [6.45, 7) is 10.7. The Balaban J connectivity index is 1.47. The van der Waals surface area contributed by atoms with Gasteiger partial charge in [-0.25, -0.2) is 9.98 Å². The van der Waals surface area contributed by atoms with Gasteiger partial charge < -0.3 is 15.7 Å². The van der Waals surface area contributed by atoms with Crippen LogP contribution in [0.1, 0.15) is 48.5 Å². The number of hydrogen-bond donors (Lipinski definition) is 3. The molecular weight excluding hydrogens is 382 g/mol. The van der Waals surface area contributed by atoms with E-state index >= 15 is 0 Å². The number of β-amino-alcohol motifs (C(OH)–C–C–N with tert-alkyl or cyclic N) is 1. The van der Waals surface area contributed by atoms with E-state index in [1.165, 1.54) is 11.1 Å². The summed E-state index contributed by atoms with van der Waals surface area (Å²) < 4.78 is 0. The van der Waals surface area contributed by atoms with Crippen LogP contribution in [0.15, 0.2) is 34.6 Å². The van der Waals surface area contributed by atoms with Gasteiger partial charge in [0.25, 0.3) is 0 Å². The van der Waals surface area contributed by atoms with E-state index in [1.54, 1.807) is 11.3 Å². The molecule has 0 aliphatic carbocycles. The van der Waals surface area contributed by atoms with E-state index in [2.05, 4.69) is 69.0 Å². The molecule has 7 heteroatoms. The Hall–Kier alpha value is -1.96. The Morgan fingerprint density at radius 1 is 1.28 bits per heavy atom. The third-order valence-electron chi connectivity index (χ3n) is 5.06. The zero-order chi connectivity index (χ0) is 20.6. The summed E-state index contributed by atoms with van der Waals surface area (Å²) >= 11 is 1.65. The highest BCUT2D eigenvalue weighted by Gasteiger charge is 2.18. The highest BCUT2D eigenvalue weighted by molar-refractivity contribution is 7.09. The number of fused-ring (bicyclic) bond motifs is 1. The van der Waals surface area contributed by atoms with Gasteiger partial charge >= 0.3 is 0 Å². The molecule has 0 saturated carbocycles. The van der Waals surface area contributed by atoms with Crippen LogP contribution in [0.5, 0.6) is 0 Å². The molecule has 2 aromatic rings. The predicted octanol–water partition coefficient (Wildman–Crippen LogP) is 2.74. The summed E-state index contributed by atoms with van der Waals surface area (Å²) in [5.74, 6) is 1.16. The van der Waals surface area contributed by atoms with Crippen molar-refractivity contribution in [3.63, 3.8) is 0 Å². The summed E-state index contributed by atoms with van der Waals surface area (Å²) in [7, 11) is 0. The molecule has 2 heterocycles. The number of thiazole rings is 1. The number of aromatic nitrogens is 1. The van der Waals surface area contributed by atoms with E-state index in [1.807, 2.05) is 6.92 Å². The van der Waals surface area contributed by atoms with Gasteiger partial charge in [0.1, 0.15) is 5.01 Å². The van der Waals surface area contributed by atoms with Gasteiger partial charge in [-0.3, -0.25) is 4.90 Å². The quantitative estimate of drug-likeness (QED) is 0.457. The fourth-order valence-corrected chi connectivity index (χ4v) is 4.32. The van der Waals surface area contributed by atoms with E-state index in [9.17, 15) is 5.11 Å². The minimum absolute atomic E-state index is 0.437. The number of aliphatic hydroxyl groups excluding tert-OH is 1. The van der Waals surface area contributed by atoms with Gasteiger partial charge in [0, 0.05) is 38.1 Å². The van der Waals surface area contributed by atoms with Crippen molar-refractivity contribution >= 4 is 17.3 Å². The van der Waals surface area contributed by atoms with Crippen molar-refractivity contribution in [1.29, 1.82) is 0 Å². The van der Waals surface area contributed by atoms with Crippen molar-refractivity contribution in [1.82, 2.24) is 20.5 Å². The molecule has 1 atom stereocenters. The van der Waals surface area contributed by atoms with Crippen LogP contribution in [0.2, 0.25) is 0 Å². The average molecular weight is 416 g/mol. The normalized spacial score (nSPS) is 16.0. The van der Waals surface area contributed by atoms with Crippen molar-refractivity contribution < 1.29 is 5.11 Å². The van der Waals surface area contributed by atoms with E-state index < -0.39 is 6.10 Å². The molecule has 1 aliphatic heterocycles. The smallest absolute Gasteiger partial charge is 0.191 e. The van der Waals surface area contributed by atoms with E-state index in [0.29, 0.717) is 25.6 Å². The SMILES string of the molecule is CCNC(=NCc1nc(C(C)C)cs1)NCC(O)CN1CCc2ccccc2C1. The molecule has 1 unspecified atom stereocenters. The number of benzene rings is 1. The second kappa shape index (κ2) is 10.7.